The van der Waals surface area contributed by atoms with Gasteiger partial charge in [-0.05, 0) is 41.0 Å². The maximum Gasteiger partial charge on any atom is 0.266 e. The zero-order valence-electron chi connectivity index (χ0n) is 7.41. The van der Waals surface area contributed by atoms with Crippen molar-refractivity contribution in [2.24, 2.45) is 0 Å². The Morgan fingerprint density at radius 3 is 2.57 bits per heavy atom. The predicted molar refractivity (Wildman–Crippen MR) is 51.5 cm³/mol. The first-order chi connectivity index (χ1) is 6.52. The third kappa shape index (κ3) is 1.72. The molecule has 0 bridgehead atoms. The van der Waals surface area contributed by atoms with Crippen molar-refractivity contribution in [1.29, 1.82) is 0 Å². The van der Waals surface area contributed by atoms with Crippen LogP contribution in [0.25, 0.3) is 0 Å². The lowest BCUT2D eigenvalue weighted by molar-refractivity contribution is -0.0135. The zero-order chi connectivity index (χ0) is 10.2. The molecular formula is C10H10F2OS. The quantitative estimate of drug-likeness (QED) is 0.715. The SMILES string of the molecule is OC1(c2ccsc2)C=CC(F)(F)CC1. The normalized spacial score (nSPS) is 30.5. The molecule has 2 rings (SSSR count). The van der Waals surface area contributed by atoms with Crippen molar-refractivity contribution in [2.45, 2.75) is 24.4 Å². The van der Waals surface area contributed by atoms with E-state index in [2.05, 4.69) is 0 Å². The summed E-state index contributed by atoms with van der Waals surface area (Å²) in [5.74, 6) is -2.76. The van der Waals surface area contributed by atoms with Crippen molar-refractivity contribution >= 4 is 11.3 Å². The van der Waals surface area contributed by atoms with Crippen molar-refractivity contribution < 1.29 is 13.9 Å². The number of rotatable bonds is 1. The van der Waals surface area contributed by atoms with Crippen LogP contribution in [0.15, 0.2) is 29.0 Å². The molecule has 0 aromatic carbocycles. The van der Waals surface area contributed by atoms with Crippen molar-refractivity contribution in [3.8, 4) is 0 Å². The van der Waals surface area contributed by atoms with E-state index < -0.39 is 11.5 Å². The van der Waals surface area contributed by atoms with Crippen LogP contribution in [0.4, 0.5) is 8.78 Å². The number of thiophene rings is 1. The zero-order valence-corrected chi connectivity index (χ0v) is 8.23. The molecule has 0 fully saturated rings. The summed E-state index contributed by atoms with van der Waals surface area (Å²) in [5, 5.41) is 13.7. The van der Waals surface area contributed by atoms with Gasteiger partial charge in [0.2, 0.25) is 0 Å². The summed E-state index contributed by atoms with van der Waals surface area (Å²) >= 11 is 1.45. The molecule has 76 valence electrons. The van der Waals surface area contributed by atoms with Crippen LogP contribution in [0.5, 0.6) is 0 Å². The van der Waals surface area contributed by atoms with E-state index >= 15 is 0 Å². The summed E-state index contributed by atoms with van der Waals surface area (Å²) in [5.41, 5.74) is -0.490. The first-order valence-corrected chi connectivity index (χ1v) is 5.29. The van der Waals surface area contributed by atoms with E-state index in [1.807, 2.05) is 5.38 Å². The Bertz CT molecular complexity index is 345. The summed E-state index contributed by atoms with van der Waals surface area (Å²) in [4.78, 5) is 0. The van der Waals surface area contributed by atoms with Crippen LogP contribution in [0.3, 0.4) is 0 Å². The molecule has 0 spiro atoms. The average Bonchev–Trinajstić information content (AvgIpc) is 2.64. The largest absolute Gasteiger partial charge is 0.381 e. The van der Waals surface area contributed by atoms with Crippen LogP contribution in [0.1, 0.15) is 18.4 Å². The first-order valence-electron chi connectivity index (χ1n) is 4.35. The van der Waals surface area contributed by atoms with Crippen LogP contribution in [-0.2, 0) is 5.60 Å². The van der Waals surface area contributed by atoms with Crippen LogP contribution in [0.2, 0.25) is 0 Å². The average molecular weight is 216 g/mol. The van der Waals surface area contributed by atoms with Gasteiger partial charge in [0.25, 0.3) is 5.92 Å². The van der Waals surface area contributed by atoms with Gasteiger partial charge in [0.05, 0.1) is 0 Å². The van der Waals surface area contributed by atoms with Crippen LogP contribution < -0.4 is 0 Å². The summed E-state index contributed by atoms with van der Waals surface area (Å²) in [6.07, 6.45) is 1.79. The molecule has 1 aromatic rings. The highest BCUT2D eigenvalue weighted by molar-refractivity contribution is 7.08. The number of aliphatic hydroxyl groups is 1. The molecule has 0 amide bonds. The third-order valence-electron chi connectivity index (χ3n) is 2.46. The van der Waals surface area contributed by atoms with E-state index in [1.165, 1.54) is 17.4 Å². The molecule has 0 saturated heterocycles. The number of allylic oxidation sites excluding steroid dienone is 1. The molecule has 1 nitrogen and oxygen atoms in total. The molecule has 0 saturated carbocycles. The molecule has 1 aliphatic carbocycles. The molecule has 0 aliphatic heterocycles. The Hall–Kier alpha value is -0.740. The summed E-state index contributed by atoms with van der Waals surface area (Å²) < 4.78 is 25.6. The molecule has 1 unspecified atom stereocenters. The van der Waals surface area contributed by atoms with Gasteiger partial charge >= 0.3 is 0 Å². The molecule has 1 aromatic heterocycles. The lowest BCUT2D eigenvalue weighted by atomic mass is 9.85. The van der Waals surface area contributed by atoms with Crippen molar-refractivity contribution in [3.63, 3.8) is 0 Å². The van der Waals surface area contributed by atoms with Crippen LogP contribution in [0, 0.1) is 0 Å². The van der Waals surface area contributed by atoms with Gasteiger partial charge in [-0.2, -0.15) is 11.3 Å². The highest BCUT2D eigenvalue weighted by Crippen LogP contribution is 2.39. The van der Waals surface area contributed by atoms with E-state index in [0.717, 1.165) is 6.08 Å². The van der Waals surface area contributed by atoms with Crippen molar-refractivity contribution in [1.82, 2.24) is 0 Å². The van der Waals surface area contributed by atoms with Gasteiger partial charge in [-0.1, -0.05) is 0 Å². The third-order valence-corrected chi connectivity index (χ3v) is 3.15. The standard InChI is InChI=1S/C10H10F2OS/c11-10(12)4-2-9(13,3-5-10)8-1-6-14-7-8/h1-2,4,6-7,13H,3,5H2. The van der Waals surface area contributed by atoms with Crippen LogP contribution in [-0.4, -0.2) is 11.0 Å². The Morgan fingerprint density at radius 2 is 2.07 bits per heavy atom. The highest BCUT2D eigenvalue weighted by Gasteiger charge is 2.38. The van der Waals surface area contributed by atoms with Gasteiger partial charge in [0, 0.05) is 6.42 Å². The molecule has 4 heteroatoms. The second-order valence-corrected chi connectivity index (χ2v) is 4.31. The highest BCUT2D eigenvalue weighted by atomic mass is 32.1. The Morgan fingerprint density at radius 1 is 1.29 bits per heavy atom. The molecule has 1 aliphatic rings. The first kappa shape index (κ1) is 9.80. The van der Waals surface area contributed by atoms with Crippen LogP contribution >= 0.6 is 11.3 Å². The molecule has 1 atom stereocenters. The summed E-state index contributed by atoms with van der Waals surface area (Å²) in [6.45, 7) is 0. The van der Waals surface area contributed by atoms with Crippen molar-refractivity contribution in [3.05, 3.63) is 34.5 Å². The molecular weight excluding hydrogens is 206 g/mol. The smallest absolute Gasteiger partial charge is 0.266 e. The maximum absolute atomic E-state index is 12.8. The van der Waals surface area contributed by atoms with E-state index in [0.29, 0.717) is 5.56 Å². The number of alkyl halides is 2. The molecule has 14 heavy (non-hydrogen) atoms. The number of hydrogen-bond acceptors (Lipinski definition) is 2. The van der Waals surface area contributed by atoms with Gasteiger partial charge in [-0.25, -0.2) is 8.78 Å². The molecule has 1 heterocycles. The van der Waals surface area contributed by atoms with Gasteiger partial charge in [-0.3, -0.25) is 0 Å². The predicted octanol–water partition coefficient (Wildman–Crippen LogP) is 2.92. The minimum Gasteiger partial charge on any atom is -0.381 e. The van der Waals surface area contributed by atoms with Gasteiger partial charge in [-0.15, -0.1) is 0 Å². The van der Waals surface area contributed by atoms with Gasteiger partial charge in [0.1, 0.15) is 5.60 Å². The van der Waals surface area contributed by atoms with Crippen molar-refractivity contribution in [2.75, 3.05) is 0 Å². The summed E-state index contributed by atoms with van der Waals surface area (Å²) in [7, 11) is 0. The fraction of sp³-hybridized carbons (Fsp3) is 0.400. The molecule has 0 radical (unpaired) electrons. The minimum atomic E-state index is -2.76. The fourth-order valence-corrected chi connectivity index (χ4v) is 2.27. The molecule has 1 N–H and O–H groups in total. The van der Waals surface area contributed by atoms with E-state index in [1.54, 1.807) is 11.4 Å². The Labute approximate surface area is 84.7 Å². The number of halogens is 2. The van der Waals surface area contributed by atoms with E-state index in [4.69, 9.17) is 0 Å². The lowest BCUT2D eigenvalue weighted by Crippen LogP contribution is -2.31. The topological polar surface area (TPSA) is 20.2 Å². The second-order valence-electron chi connectivity index (χ2n) is 3.53. The monoisotopic (exact) mass is 216 g/mol. The minimum absolute atomic E-state index is 0.0766. The maximum atomic E-state index is 12.8. The summed E-state index contributed by atoms with van der Waals surface area (Å²) in [6, 6.07) is 1.76. The lowest BCUT2D eigenvalue weighted by Gasteiger charge is -2.30. The fourth-order valence-electron chi connectivity index (χ4n) is 1.54. The van der Waals surface area contributed by atoms with E-state index in [9.17, 15) is 13.9 Å². The Kier molecular flexibility index (Phi) is 2.20. The van der Waals surface area contributed by atoms with Gasteiger partial charge in [0.15, 0.2) is 0 Å². The second kappa shape index (κ2) is 3.14. The van der Waals surface area contributed by atoms with E-state index in [-0.39, 0.29) is 12.8 Å². The van der Waals surface area contributed by atoms with Gasteiger partial charge < -0.3 is 5.11 Å². The number of hydrogen-bond donors (Lipinski definition) is 1. The Balaban J connectivity index is 2.29.